The van der Waals surface area contributed by atoms with Crippen molar-refractivity contribution in [1.29, 1.82) is 0 Å². The smallest absolute Gasteiger partial charge is 0.295 e. The fourth-order valence-electron chi connectivity index (χ4n) is 3.57. The van der Waals surface area contributed by atoms with Gasteiger partial charge in [-0.1, -0.05) is 36.1 Å². The molecule has 0 spiro atoms. The predicted molar refractivity (Wildman–Crippen MR) is 108 cm³/mol. The average molecular weight is 409 g/mol. The van der Waals surface area contributed by atoms with E-state index in [1.807, 2.05) is 14.1 Å². The van der Waals surface area contributed by atoms with Crippen LogP contribution in [0.15, 0.2) is 60.2 Å². The van der Waals surface area contributed by atoms with E-state index in [1.54, 1.807) is 30.3 Å². The van der Waals surface area contributed by atoms with Crippen LogP contribution in [0, 0.1) is 10.1 Å². The van der Waals surface area contributed by atoms with Crippen LogP contribution in [-0.4, -0.2) is 48.7 Å². The summed E-state index contributed by atoms with van der Waals surface area (Å²) in [5, 5.41) is 24.1. The summed E-state index contributed by atoms with van der Waals surface area (Å²) >= 11 is 0. The molecule has 30 heavy (non-hydrogen) atoms. The van der Waals surface area contributed by atoms with Crippen molar-refractivity contribution in [1.82, 2.24) is 4.90 Å². The monoisotopic (exact) mass is 409 g/mol. The van der Waals surface area contributed by atoms with Crippen molar-refractivity contribution >= 4 is 23.1 Å². The fraction of sp³-hybridized carbons (Fsp3) is 0.273. The van der Waals surface area contributed by atoms with Crippen LogP contribution in [0.3, 0.4) is 0 Å². The normalized spacial score (nSPS) is 18.2. The van der Waals surface area contributed by atoms with Crippen molar-refractivity contribution in [3.63, 3.8) is 0 Å². The van der Waals surface area contributed by atoms with Gasteiger partial charge in [0, 0.05) is 30.7 Å². The van der Waals surface area contributed by atoms with Crippen LogP contribution in [0.2, 0.25) is 0 Å². The summed E-state index contributed by atoms with van der Waals surface area (Å²) in [5.74, 6) is -2.03. The number of nitro groups is 1. The molecule has 1 amide bonds. The number of nitro benzene ring substituents is 1. The number of Topliss-reactive ketones (excluding diaryl/α,β-unsaturated/α-hetero) is 1. The predicted octanol–water partition coefficient (Wildman–Crippen LogP) is 0.353. The van der Waals surface area contributed by atoms with Gasteiger partial charge in [-0.3, -0.25) is 19.7 Å². The lowest BCUT2D eigenvalue weighted by Crippen LogP contribution is -3.05. The number of likely N-dealkylation sites (tertiary alicyclic amines) is 1. The first-order valence-corrected chi connectivity index (χ1v) is 9.66. The molecule has 0 aliphatic carbocycles. The Labute approximate surface area is 174 Å². The third kappa shape index (κ3) is 4.23. The largest absolute Gasteiger partial charge is 0.872 e. The second kappa shape index (κ2) is 8.87. The topological polar surface area (TPSA) is 108 Å². The summed E-state index contributed by atoms with van der Waals surface area (Å²) in [6, 6.07) is 13.1. The van der Waals surface area contributed by atoms with E-state index >= 15 is 0 Å². The maximum Gasteiger partial charge on any atom is 0.295 e. The molecule has 8 nitrogen and oxygen atoms in total. The Morgan fingerprint density at radius 1 is 1.07 bits per heavy atom. The number of hydrogen-bond acceptors (Lipinski definition) is 5. The molecule has 1 heterocycles. The van der Waals surface area contributed by atoms with Crippen molar-refractivity contribution < 1.29 is 24.5 Å². The SMILES string of the molecule is C[NH+](C)CCCN1C(=O)C(=O)/C(=C(/[O-])c2ccccc2)C1c1ccc([N+](=O)[O-])cc1. The van der Waals surface area contributed by atoms with Crippen LogP contribution >= 0.6 is 0 Å². The molecule has 1 unspecified atom stereocenters. The number of nitrogens with one attached hydrogen (secondary N) is 1. The molecule has 1 saturated heterocycles. The Hall–Kier alpha value is -3.52. The van der Waals surface area contributed by atoms with E-state index < -0.39 is 28.4 Å². The summed E-state index contributed by atoms with van der Waals surface area (Å²) in [6.45, 7) is 1.09. The minimum Gasteiger partial charge on any atom is -0.872 e. The van der Waals surface area contributed by atoms with Crippen LogP contribution in [0.1, 0.15) is 23.6 Å². The van der Waals surface area contributed by atoms with Gasteiger partial charge in [-0.2, -0.15) is 0 Å². The van der Waals surface area contributed by atoms with Gasteiger partial charge in [-0.15, -0.1) is 0 Å². The van der Waals surface area contributed by atoms with Gasteiger partial charge in [0.15, 0.2) is 0 Å². The molecule has 2 aromatic carbocycles. The van der Waals surface area contributed by atoms with E-state index in [9.17, 15) is 24.8 Å². The number of hydrogen-bond donors (Lipinski definition) is 1. The van der Waals surface area contributed by atoms with E-state index in [0.29, 0.717) is 24.1 Å². The molecular weight excluding hydrogens is 386 g/mol. The number of amides is 1. The lowest BCUT2D eigenvalue weighted by Gasteiger charge is -2.27. The van der Waals surface area contributed by atoms with Gasteiger partial charge in [0.05, 0.1) is 31.6 Å². The quantitative estimate of drug-likeness (QED) is 0.233. The number of benzene rings is 2. The Kier molecular flexibility index (Phi) is 6.27. The van der Waals surface area contributed by atoms with Gasteiger partial charge in [-0.25, -0.2) is 0 Å². The van der Waals surface area contributed by atoms with Crippen molar-refractivity contribution in [2.24, 2.45) is 0 Å². The third-order valence-corrected chi connectivity index (χ3v) is 5.06. The molecular formula is C22H23N3O5. The second-order valence-electron chi connectivity index (χ2n) is 7.50. The summed E-state index contributed by atoms with van der Waals surface area (Å²) in [7, 11) is 3.97. The molecule has 156 valence electrons. The molecule has 3 rings (SSSR count). The Morgan fingerprint density at radius 2 is 1.70 bits per heavy atom. The summed E-state index contributed by atoms with van der Waals surface area (Å²) in [6.07, 6.45) is 0.650. The molecule has 1 atom stereocenters. The molecule has 8 heteroatoms. The van der Waals surface area contributed by atoms with Crippen molar-refractivity contribution in [3.8, 4) is 0 Å². The average Bonchev–Trinajstić information content (AvgIpc) is 2.98. The van der Waals surface area contributed by atoms with Crippen molar-refractivity contribution in [3.05, 3.63) is 81.4 Å². The summed E-state index contributed by atoms with van der Waals surface area (Å²) in [4.78, 5) is 38.7. The summed E-state index contributed by atoms with van der Waals surface area (Å²) in [5.41, 5.74) is 0.599. The molecule has 1 aliphatic rings. The number of carbonyl (C=O) groups excluding carboxylic acids is 2. The van der Waals surface area contributed by atoms with Gasteiger partial charge in [0.2, 0.25) is 5.78 Å². The number of non-ortho nitro benzene ring substituents is 1. The lowest BCUT2D eigenvalue weighted by atomic mass is 9.95. The molecule has 2 aromatic rings. The van der Waals surface area contributed by atoms with Crippen LogP contribution in [0.5, 0.6) is 0 Å². The minimum atomic E-state index is -0.865. The first-order chi connectivity index (χ1) is 14.3. The van der Waals surface area contributed by atoms with Gasteiger partial charge >= 0.3 is 0 Å². The maximum absolute atomic E-state index is 13.1. The van der Waals surface area contributed by atoms with Crippen LogP contribution in [0.4, 0.5) is 5.69 Å². The molecule has 0 aromatic heterocycles. The van der Waals surface area contributed by atoms with Gasteiger partial charge in [0.25, 0.3) is 11.6 Å². The lowest BCUT2D eigenvalue weighted by molar-refractivity contribution is -0.858. The zero-order valence-electron chi connectivity index (χ0n) is 16.8. The zero-order chi connectivity index (χ0) is 21.8. The molecule has 1 N–H and O–H groups in total. The highest BCUT2D eigenvalue weighted by atomic mass is 16.6. The maximum atomic E-state index is 13.1. The Bertz CT molecular complexity index is 984. The summed E-state index contributed by atoms with van der Waals surface area (Å²) < 4.78 is 0. The van der Waals surface area contributed by atoms with Crippen LogP contribution in [0.25, 0.3) is 5.76 Å². The molecule has 0 radical (unpaired) electrons. The van der Waals surface area contributed by atoms with E-state index in [4.69, 9.17) is 0 Å². The number of quaternary nitrogens is 1. The Morgan fingerprint density at radius 3 is 2.27 bits per heavy atom. The van der Waals surface area contributed by atoms with E-state index in [2.05, 4.69) is 0 Å². The van der Waals surface area contributed by atoms with E-state index in [1.165, 1.54) is 34.1 Å². The Balaban J connectivity index is 2.08. The number of rotatable bonds is 7. The molecule has 0 saturated carbocycles. The number of ketones is 1. The first-order valence-electron chi connectivity index (χ1n) is 9.66. The van der Waals surface area contributed by atoms with Gasteiger partial charge in [0.1, 0.15) is 0 Å². The molecule has 1 aliphatic heterocycles. The highest BCUT2D eigenvalue weighted by Gasteiger charge is 2.44. The number of nitrogens with zero attached hydrogens (tertiary/aromatic N) is 2. The standard InChI is InChI=1S/C22H23N3O5/c1-23(2)13-6-14-24-19(15-9-11-17(12-10-15)25(29)30)18(21(27)22(24)28)20(26)16-7-4-3-5-8-16/h3-5,7-12,19,26H,6,13-14H2,1-2H3/b20-18+. The van der Waals surface area contributed by atoms with E-state index in [-0.39, 0.29) is 11.3 Å². The van der Waals surface area contributed by atoms with E-state index in [0.717, 1.165) is 6.54 Å². The van der Waals surface area contributed by atoms with Crippen molar-refractivity contribution in [2.45, 2.75) is 12.5 Å². The van der Waals surface area contributed by atoms with Crippen molar-refractivity contribution in [2.75, 3.05) is 27.2 Å². The zero-order valence-corrected chi connectivity index (χ0v) is 16.8. The highest BCUT2D eigenvalue weighted by Crippen LogP contribution is 2.39. The van der Waals surface area contributed by atoms with Gasteiger partial charge in [-0.05, 0) is 23.3 Å². The minimum absolute atomic E-state index is 0.104. The van der Waals surface area contributed by atoms with Crippen LogP contribution < -0.4 is 10.0 Å². The third-order valence-electron chi connectivity index (χ3n) is 5.06. The van der Waals surface area contributed by atoms with Gasteiger partial charge < -0.3 is 14.9 Å². The first kappa shape index (κ1) is 21.2. The van der Waals surface area contributed by atoms with Crippen LogP contribution in [-0.2, 0) is 9.59 Å². The highest BCUT2D eigenvalue weighted by molar-refractivity contribution is 6.46. The fourth-order valence-corrected chi connectivity index (χ4v) is 3.57. The number of carbonyl (C=O) groups is 2. The second-order valence-corrected chi connectivity index (χ2v) is 7.50. The molecule has 1 fully saturated rings. The molecule has 0 bridgehead atoms.